The van der Waals surface area contributed by atoms with Crippen LogP contribution in [0.1, 0.15) is 32.6 Å². The molecule has 2 fully saturated rings. The molecule has 0 radical (unpaired) electrons. The van der Waals surface area contributed by atoms with Crippen LogP contribution in [0.15, 0.2) is 0 Å². The smallest absolute Gasteiger partial charge is 0.322 e. The van der Waals surface area contributed by atoms with Gasteiger partial charge in [-0.1, -0.05) is 6.42 Å². The Bertz CT molecular complexity index is 484. The zero-order valence-electron chi connectivity index (χ0n) is 12.0. The van der Waals surface area contributed by atoms with Gasteiger partial charge in [0.15, 0.2) is 0 Å². The number of halogens is 1. The van der Waals surface area contributed by atoms with Gasteiger partial charge in [-0.25, -0.2) is 0 Å². The van der Waals surface area contributed by atoms with Crippen molar-refractivity contribution in [3.63, 3.8) is 0 Å². The molecule has 2 aliphatic carbocycles. The summed E-state index contributed by atoms with van der Waals surface area (Å²) in [5, 5.41) is 0.193. The summed E-state index contributed by atoms with van der Waals surface area (Å²) in [6, 6.07) is 0.308. The van der Waals surface area contributed by atoms with Crippen molar-refractivity contribution in [2.24, 2.45) is 17.8 Å². The zero-order valence-corrected chi connectivity index (χ0v) is 12.8. The second-order valence-corrected chi connectivity index (χ2v) is 6.27. The highest BCUT2D eigenvalue weighted by Crippen LogP contribution is 2.48. The van der Waals surface area contributed by atoms with Gasteiger partial charge >= 0.3 is 6.01 Å². The van der Waals surface area contributed by atoms with E-state index in [-0.39, 0.29) is 5.28 Å². The Morgan fingerprint density at radius 3 is 2.75 bits per heavy atom. The molecule has 0 N–H and O–H groups in total. The number of rotatable bonds is 5. The van der Waals surface area contributed by atoms with E-state index in [9.17, 15) is 0 Å². The fraction of sp³-hybridized carbons (Fsp3) is 0.786. The minimum atomic E-state index is 0.193. The first-order valence-corrected chi connectivity index (χ1v) is 7.79. The van der Waals surface area contributed by atoms with Crippen LogP contribution in [0.5, 0.6) is 6.01 Å². The van der Waals surface area contributed by atoms with Gasteiger partial charge in [0.25, 0.3) is 0 Å². The van der Waals surface area contributed by atoms with Crippen LogP contribution >= 0.6 is 11.6 Å². The van der Waals surface area contributed by atoms with E-state index in [1.807, 2.05) is 14.0 Å². The number of aromatic nitrogens is 3. The molecular formula is C14H21ClN4O. The van der Waals surface area contributed by atoms with Gasteiger partial charge in [0.2, 0.25) is 11.2 Å². The van der Waals surface area contributed by atoms with Crippen LogP contribution in [0.3, 0.4) is 0 Å². The van der Waals surface area contributed by atoms with Gasteiger partial charge in [-0.15, -0.1) is 0 Å². The lowest BCUT2D eigenvalue weighted by molar-refractivity contribution is 0.310. The predicted molar refractivity (Wildman–Crippen MR) is 78.2 cm³/mol. The van der Waals surface area contributed by atoms with Crippen LogP contribution in [-0.2, 0) is 0 Å². The van der Waals surface area contributed by atoms with Crippen LogP contribution in [0.25, 0.3) is 0 Å². The first kappa shape index (κ1) is 13.9. The molecule has 0 amide bonds. The molecule has 6 heteroatoms. The molecule has 1 heterocycles. The molecule has 3 unspecified atom stereocenters. The SMILES string of the molecule is CCOc1nc(Cl)nc(N(C)CC2CC3CCC2C3)n1. The molecule has 5 nitrogen and oxygen atoms in total. The molecule has 20 heavy (non-hydrogen) atoms. The number of fused-ring (bicyclic) bond motifs is 2. The summed E-state index contributed by atoms with van der Waals surface area (Å²) >= 11 is 5.94. The van der Waals surface area contributed by atoms with Crippen molar-refractivity contribution in [3.05, 3.63) is 5.28 Å². The maximum atomic E-state index is 5.94. The van der Waals surface area contributed by atoms with Crippen LogP contribution in [0.4, 0.5) is 5.95 Å². The normalized spacial score (nSPS) is 27.9. The summed E-state index contributed by atoms with van der Waals surface area (Å²) in [7, 11) is 2.02. The van der Waals surface area contributed by atoms with Gasteiger partial charge in [0.05, 0.1) is 6.61 Å². The number of hydrogen-bond donors (Lipinski definition) is 0. The largest absolute Gasteiger partial charge is 0.464 e. The average Bonchev–Trinajstić information content (AvgIpc) is 3.00. The molecule has 3 rings (SSSR count). The fourth-order valence-electron chi connectivity index (χ4n) is 3.72. The van der Waals surface area contributed by atoms with E-state index in [0.29, 0.717) is 18.6 Å². The Morgan fingerprint density at radius 1 is 1.25 bits per heavy atom. The van der Waals surface area contributed by atoms with Gasteiger partial charge < -0.3 is 9.64 Å². The highest BCUT2D eigenvalue weighted by molar-refractivity contribution is 6.28. The maximum Gasteiger partial charge on any atom is 0.322 e. The van der Waals surface area contributed by atoms with Gasteiger partial charge in [-0.2, -0.15) is 15.0 Å². The Hall–Kier alpha value is -1.10. The molecule has 0 aromatic carbocycles. The van der Waals surface area contributed by atoms with E-state index in [1.54, 1.807) is 0 Å². The number of anilines is 1. The van der Waals surface area contributed by atoms with Gasteiger partial charge in [-0.3, -0.25) is 0 Å². The first-order chi connectivity index (χ1) is 9.65. The zero-order chi connectivity index (χ0) is 14.1. The number of nitrogens with zero attached hydrogens (tertiary/aromatic N) is 4. The highest BCUT2D eigenvalue weighted by Gasteiger charge is 2.39. The van der Waals surface area contributed by atoms with Crippen molar-refractivity contribution in [2.75, 3.05) is 25.1 Å². The van der Waals surface area contributed by atoms with E-state index >= 15 is 0 Å². The Kier molecular flexibility index (Phi) is 3.96. The molecule has 2 aliphatic rings. The van der Waals surface area contributed by atoms with Crippen molar-refractivity contribution in [1.82, 2.24) is 15.0 Å². The second kappa shape index (κ2) is 5.72. The number of hydrogen-bond acceptors (Lipinski definition) is 5. The van der Waals surface area contributed by atoms with E-state index in [4.69, 9.17) is 16.3 Å². The molecule has 1 aromatic heterocycles. The molecule has 1 aromatic rings. The summed E-state index contributed by atoms with van der Waals surface area (Å²) in [4.78, 5) is 14.6. The van der Waals surface area contributed by atoms with Crippen LogP contribution in [0, 0.1) is 17.8 Å². The topological polar surface area (TPSA) is 51.1 Å². The summed E-state index contributed by atoms with van der Waals surface area (Å²) < 4.78 is 5.32. The molecule has 0 spiro atoms. The third-order valence-corrected chi connectivity index (χ3v) is 4.75. The highest BCUT2D eigenvalue weighted by atomic mass is 35.5. The first-order valence-electron chi connectivity index (χ1n) is 7.41. The predicted octanol–water partition coefficient (Wildman–Crippen LogP) is 2.80. The minimum Gasteiger partial charge on any atom is -0.464 e. The lowest BCUT2D eigenvalue weighted by atomic mass is 9.88. The molecule has 0 saturated heterocycles. The van der Waals surface area contributed by atoms with Crippen LogP contribution in [0.2, 0.25) is 5.28 Å². The van der Waals surface area contributed by atoms with E-state index in [1.165, 1.54) is 25.7 Å². The third-order valence-electron chi connectivity index (χ3n) is 4.58. The maximum absolute atomic E-state index is 5.94. The molecule has 2 saturated carbocycles. The minimum absolute atomic E-state index is 0.193. The quantitative estimate of drug-likeness (QED) is 0.836. The van der Waals surface area contributed by atoms with E-state index < -0.39 is 0 Å². The summed E-state index contributed by atoms with van der Waals surface area (Å²) in [5.41, 5.74) is 0. The van der Waals surface area contributed by atoms with Crippen molar-refractivity contribution in [1.29, 1.82) is 0 Å². The number of ether oxygens (including phenoxy) is 1. The van der Waals surface area contributed by atoms with Crippen LogP contribution < -0.4 is 9.64 Å². The third kappa shape index (κ3) is 2.82. The summed E-state index contributed by atoms with van der Waals surface area (Å²) in [6.45, 7) is 3.42. The fourth-order valence-corrected chi connectivity index (χ4v) is 3.87. The molecule has 110 valence electrons. The van der Waals surface area contributed by atoms with E-state index in [2.05, 4.69) is 19.9 Å². The van der Waals surface area contributed by atoms with Crippen LogP contribution in [-0.4, -0.2) is 35.2 Å². The van der Waals surface area contributed by atoms with Crippen molar-refractivity contribution in [2.45, 2.75) is 32.6 Å². The Labute approximate surface area is 124 Å². The van der Waals surface area contributed by atoms with Gasteiger partial charge in [0, 0.05) is 13.6 Å². The average molecular weight is 297 g/mol. The lowest BCUT2D eigenvalue weighted by Crippen LogP contribution is -2.30. The van der Waals surface area contributed by atoms with Crippen molar-refractivity contribution < 1.29 is 4.74 Å². The Balaban J connectivity index is 1.68. The molecule has 3 atom stereocenters. The summed E-state index contributed by atoms with van der Waals surface area (Å²) in [5.74, 6) is 3.23. The molecular weight excluding hydrogens is 276 g/mol. The lowest BCUT2D eigenvalue weighted by Gasteiger charge is -2.27. The second-order valence-electron chi connectivity index (χ2n) is 5.94. The van der Waals surface area contributed by atoms with Crippen molar-refractivity contribution >= 4 is 17.5 Å². The van der Waals surface area contributed by atoms with Gasteiger partial charge in [-0.05, 0) is 55.5 Å². The van der Waals surface area contributed by atoms with Gasteiger partial charge in [0.1, 0.15) is 0 Å². The Morgan fingerprint density at radius 2 is 2.10 bits per heavy atom. The van der Waals surface area contributed by atoms with E-state index in [0.717, 1.165) is 24.3 Å². The standard InChI is InChI=1S/C14H21ClN4O/c1-3-20-14-17-12(15)16-13(18-14)19(2)8-11-7-9-4-5-10(11)6-9/h9-11H,3-8H2,1-2H3. The monoisotopic (exact) mass is 296 g/mol. The molecule has 0 aliphatic heterocycles. The summed E-state index contributed by atoms with van der Waals surface area (Å²) in [6.07, 6.45) is 5.59. The van der Waals surface area contributed by atoms with Crippen molar-refractivity contribution in [3.8, 4) is 6.01 Å². The molecule has 2 bridgehead atoms.